The minimum atomic E-state index is -0.781. The molecule has 0 spiro atoms. The minimum absolute atomic E-state index is 0.142. The van der Waals surface area contributed by atoms with Crippen molar-refractivity contribution in [1.29, 1.82) is 0 Å². The van der Waals surface area contributed by atoms with Gasteiger partial charge in [0.1, 0.15) is 6.04 Å². The number of ether oxygens (including phenoxy) is 1. The van der Waals surface area contributed by atoms with Gasteiger partial charge in [-0.05, 0) is 56.2 Å². The summed E-state index contributed by atoms with van der Waals surface area (Å²) in [7, 11) is 0. The van der Waals surface area contributed by atoms with Crippen molar-refractivity contribution in [2.24, 2.45) is 5.92 Å². The predicted molar refractivity (Wildman–Crippen MR) is 116 cm³/mol. The summed E-state index contributed by atoms with van der Waals surface area (Å²) in [5, 5.41) is 5.72. The predicted octanol–water partition coefficient (Wildman–Crippen LogP) is 3.08. The average Bonchev–Trinajstić information content (AvgIpc) is 2.70. The number of thioether (sulfide) groups is 1. The van der Waals surface area contributed by atoms with Gasteiger partial charge in [-0.25, -0.2) is 4.79 Å². The lowest BCUT2D eigenvalue weighted by Crippen LogP contribution is -2.45. The van der Waals surface area contributed by atoms with Crippen LogP contribution in [-0.4, -0.2) is 48.5 Å². The van der Waals surface area contributed by atoms with Crippen LogP contribution < -0.4 is 10.6 Å². The van der Waals surface area contributed by atoms with Crippen LogP contribution in [0.1, 0.15) is 54.9 Å². The summed E-state index contributed by atoms with van der Waals surface area (Å²) in [6.45, 7) is 3.72. The van der Waals surface area contributed by atoms with E-state index in [0.717, 1.165) is 24.8 Å². The van der Waals surface area contributed by atoms with Gasteiger partial charge in [-0.2, -0.15) is 11.8 Å². The molecule has 1 fully saturated rings. The Morgan fingerprint density at radius 3 is 2.69 bits per heavy atom. The maximum absolute atomic E-state index is 12.5. The molecule has 2 N–H and O–H groups in total. The summed E-state index contributed by atoms with van der Waals surface area (Å²) in [5.74, 6) is -0.0548. The first-order chi connectivity index (χ1) is 13.9. The molecule has 1 saturated carbocycles. The third-order valence-corrected chi connectivity index (χ3v) is 5.93. The van der Waals surface area contributed by atoms with E-state index in [0.29, 0.717) is 23.7 Å². The molecule has 0 bridgehead atoms. The molecule has 1 aromatic rings. The summed E-state index contributed by atoms with van der Waals surface area (Å²) in [5.41, 5.74) is 1.46. The quantitative estimate of drug-likeness (QED) is 0.600. The molecule has 1 aliphatic rings. The Hall–Kier alpha value is -2.02. The van der Waals surface area contributed by atoms with Crippen molar-refractivity contribution < 1.29 is 19.1 Å². The van der Waals surface area contributed by atoms with Gasteiger partial charge in [-0.3, -0.25) is 9.59 Å². The molecule has 0 radical (unpaired) electrons. The molecular weight excluding hydrogens is 388 g/mol. The molecule has 0 heterocycles. The lowest BCUT2D eigenvalue weighted by molar-refractivity contribution is -0.150. The number of hydrogen-bond acceptors (Lipinski definition) is 5. The third kappa shape index (κ3) is 7.72. The fourth-order valence-electron chi connectivity index (χ4n) is 3.53. The first-order valence-electron chi connectivity index (χ1n) is 10.2. The number of esters is 1. The van der Waals surface area contributed by atoms with Crippen molar-refractivity contribution in [1.82, 2.24) is 10.6 Å². The van der Waals surface area contributed by atoms with Crippen LogP contribution in [-0.2, 0) is 14.3 Å². The second-order valence-corrected chi connectivity index (χ2v) is 8.71. The molecule has 1 aromatic carbocycles. The van der Waals surface area contributed by atoms with Crippen LogP contribution in [0.15, 0.2) is 24.3 Å². The molecule has 0 unspecified atom stereocenters. The highest BCUT2D eigenvalue weighted by molar-refractivity contribution is 7.98. The van der Waals surface area contributed by atoms with Crippen molar-refractivity contribution in [2.75, 3.05) is 18.6 Å². The van der Waals surface area contributed by atoms with Crippen molar-refractivity contribution in [2.45, 2.75) is 58.0 Å². The Balaban J connectivity index is 1.88. The number of nitrogens with one attached hydrogen (secondary N) is 2. The Morgan fingerprint density at radius 2 is 2.00 bits per heavy atom. The summed E-state index contributed by atoms with van der Waals surface area (Å²) >= 11 is 1.58. The van der Waals surface area contributed by atoms with Crippen LogP contribution >= 0.6 is 11.8 Å². The molecule has 3 atom stereocenters. The Bertz CT molecular complexity index is 710. The number of hydrogen-bond donors (Lipinski definition) is 2. The zero-order chi connectivity index (χ0) is 21.2. The van der Waals surface area contributed by atoms with E-state index in [-0.39, 0.29) is 24.5 Å². The van der Waals surface area contributed by atoms with Crippen LogP contribution in [0.3, 0.4) is 0 Å². The van der Waals surface area contributed by atoms with Crippen LogP contribution in [0.5, 0.6) is 0 Å². The van der Waals surface area contributed by atoms with E-state index in [2.05, 4.69) is 17.6 Å². The molecule has 7 heteroatoms. The fraction of sp³-hybridized carbons (Fsp3) is 0.591. The highest BCUT2D eigenvalue weighted by Gasteiger charge is 2.26. The van der Waals surface area contributed by atoms with Gasteiger partial charge in [0.25, 0.3) is 11.8 Å². The Kier molecular flexibility index (Phi) is 9.51. The third-order valence-electron chi connectivity index (χ3n) is 5.28. The summed E-state index contributed by atoms with van der Waals surface area (Å²) in [6, 6.07) is 6.54. The Morgan fingerprint density at radius 1 is 1.24 bits per heavy atom. The van der Waals surface area contributed by atoms with Gasteiger partial charge in [0, 0.05) is 11.6 Å². The number of amides is 2. The smallest absolute Gasteiger partial charge is 0.329 e. The number of benzene rings is 1. The maximum Gasteiger partial charge on any atom is 0.329 e. The monoisotopic (exact) mass is 420 g/mol. The van der Waals surface area contributed by atoms with Gasteiger partial charge >= 0.3 is 5.97 Å². The second kappa shape index (κ2) is 11.9. The standard InChI is InChI=1S/C22H32N2O4S/c1-15-7-6-9-17(13-15)21(26)24-19(11-12-29-3)22(27)28-14-20(25)23-18-10-5-4-8-16(18)2/h6-7,9,13,16,18-19H,4-5,8,10-12,14H2,1-3H3,(H,23,25)(H,24,26)/t16-,18+,19-/m0/s1. The molecule has 0 aliphatic heterocycles. The molecule has 2 amide bonds. The van der Waals surface area contributed by atoms with Crippen LogP contribution in [0.2, 0.25) is 0 Å². The van der Waals surface area contributed by atoms with E-state index in [1.807, 2.05) is 19.2 Å². The summed E-state index contributed by atoms with van der Waals surface area (Å²) in [6.07, 6.45) is 6.75. The van der Waals surface area contributed by atoms with Crippen molar-refractivity contribution in [3.63, 3.8) is 0 Å². The van der Waals surface area contributed by atoms with E-state index in [1.54, 1.807) is 30.0 Å². The second-order valence-electron chi connectivity index (χ2n) is 7.72. The number of rotatable bonds is 9. The first-order valence-corrected chi connectivity index (χ1v) is 11.6. The molecule has 0 aromatic heterocycles. The zero-order valence-electron chi connectivity index (χ0n) is 17.5. The van der Waals surface area contributed by atoms with Crippen LogP contribution in [0.25, 0.3) is 0 Å². The molecule has 29 heavy (non-hydrogen) atoms. The van der Waals surface area contributed by atoms with Crippen molar-refractivity contribution >= 4 is 29.5 Å². The zero-order valence-corrected chi connectivity index (χ0v) is 18.3. The lowest BCUT2D eigenvalue weighted by atomic mass is 9.86. The van der Waals surface area contributed by atoms with Gasteiger partial charge < -0.3 is 15.4 Å². The van der Waals surface area contributed by atoms with Crippen molar-refractivity contribution in [3.8, 4) is 0 Å². The van der Waals surface area contributed by atoms with Crippen LogP contribution in [0, 0.1) is 12.8 Å². The highest BCUT2D eigenvalue weighted by atomic mass is 32.2. The molecular formula is C22H32N2O4S. The molecule has 2 rings (SSSR count). The van der Waals surface area contributed by atoms with Gasteiger partial charge in [-0.15, -0.1) is 0 Å². The summed E-state index contributed by atoms with van der Waals surface area (Å²) in [4.78, 5) is 37.2. The van der Waals surface area contributed by atoms with Crippen LogP contribution in [0.4, 0.5) is 0 Å². The fourth-order valence-corrected chi connectivity index (χ4v) is 4.00. The molecule has 1 aliphatic carbocycles. The topological polar surface area (TPSA) is 84.5 Å². The SMILES string of the molecule is CSCC[C@H](NC(=O)c1cccc(C)c1)C(=O)OCC(=O)N[C@@H]1CCCC[C@@H]1C. The minimum Gasteiger partial charge on any atom is -0.454 e. The van der Waals surface area contributed by atoms with E-state index < -0.39 is 12.0 Å². The molecule has 6 nitrogen and oxygen atoms in total. The van der Waals surface area contributed by atoms with E-state index in [9.17, 15) is 14.4 Å². The van der Waals surface area contributed by atoms with E-state index >= 15 is 0 Å². The Labute approximate surface area is 177 Å². The molecule has 160 valence electrons. The number of aryl methyl sites for hydroxylation is 1. The maximum atomic E-state index is 12.5. The van der Waals surface area contributed by atoms with E-state index in [4.69, 9.17) is 4.74 Å². The average molecular weight is 421 g/mol. The van der Waals surface area contributed by atoms with Gasteiger partial charge in [0.05, 0.1) is 0 Å². The highest BCUT2D eigenvalue weighted by Crippen LogP contribution is 2.23. The van der Waals surface area contributed by atoms with Gasteiger partial charge in [-0.1, -0.05) is 37.5 Å². The lowest BCUT2D eigenvalue weighted by Gasteiger charge is -2.29. The van der Waals surface area contributed by atoms with Gasteiger partial charge in [0.2, 0.25) is 0 Å². The summed E-state index contributed by atoms with van der Waals surface area (Å²) < 4.78 is 5.23. The normalized spacial score (nSPS) is 19.8. The number of carbonyl (C=O) groups excluding carboxylic acids is 3. The first kappa shape index (κ1) is 23.3. The number of carbonyl (C=O) groups is 3. The van der Waals surface area contributed by atoms with Gasteiger partial charge in [0.15, 0.2) is 6.61 Å². The largest absolute Gasteiger partial charge is 0.454 e. The molecule has 0 saturated heterocycles. The van der Waals surface area contributed by atoms with Crippen molar-refractivity contribution in [3.05, 3.63) is 35.4 Å². The van der Waals surface area contributed by atoms with E-state index in [1.165, 1.54) is 6.42 Å².